The summed E-state index contributed by atoms with van der Waals surface area (Å²) in [6, 6.07) is 17.4. The molecule has 146 valence electrons. The minimum Gasteiger partial charge on any atom is -0.497 e. The molecule has 0 spiro atoms. The van der Waals surface area contributed by atoms with Gasteiger partial charge in [-0.1, -0.05) is 35.9 Å². The normalized spacial score (nSPS) is 10.6. The first-order chi connectivity index (χ1) is 13.5. The molecule has 0 unspecified atom stereocenters. The maximum Gasteiger partial charge on any atom is 0.167 e. The summed E-state index contributed by atoms with van der Waals surface area (Å²) in [5, 5.41) is -0.121. The first-order valence-corrected chi connectivity index (χ1v) is 9.21. The van der Waals surface area contributed by atoms with Crippen LogP contribution >= 0.6 is 11.6 Å². The second-order valence-electron chi connectivity index (χ2n) is 6.45. The predicted molar refractivity (Wildman–Crippen MR) is 110 cm³/mol. The molecule has 0 atom stereocenters. The Morgan fingerprint density at radius 2 is 1.36 bits per heavy atom. The average molecular weight is 401 g/mol. The van der Waals surface area contributed by atoms with Gasteiger partial charge in [-0.15, -0.1) is 0 Å². The summed E-state index contributed by atoms with van der Waals surface area (Å²) >= 11 is 6.00. The second-order valence-corrected chi connectivity index (χ2v) is 6.81. The zero-order chi connectivity index (χ0) is 20.1. The number of benzene rings is 2. The molecule has 0 N–H and O–H groups in total. The summed E-state index contributed by atoms with van der Waals surface area (Å²) in [6.45, 7) is 2.86. The lowest BCUT2D eigenvalue weighted by atomic mass is 10.1. The molecule has 1 aromatic heterocycles. The van der Waals surface area contributed by atoms with E-state index in [9.17, 15) is 4.39 Å². The van der Waals surface area contributed by atoms with Gasteiger partial charge in [0.25, 0.3) is 0 Å². The number of aryl methyl sites for hydroxylation is 1. The van der Waals surface area contributed by atoms with Gasteiger partial charge < -0.3 is 14.4 Å². The molecule has 0 aliphatic heterocycles. The molecule has 3 aromatic rings. The Bertz CT molecular complexity index is 858. The van der Waals surface area contributed by atoms with Gasteiger partial charge in [-0.2, -0.15) is 0 Å². The summed E-state index contributed by atoms with van der Waals surface area (Å²) in [7, 11) is 3.27. The number of rotatable bonds is 7. The van der Waals surface area contributed by atoms with E-state index in [0.29, 0.717) is 24.5 Å². The van der Waals surface area contributed by atoms with Crippen molar-refractivity contribution in [1.82, 2.24) is 4.98 Å². The van der Waals surface area contributed by atoms with Crippen molar-refractivity contribution >= 4 is 17.4 Å². The van der Waals surface area contributed by atoms with Crippen molar-refractivity contribution in [2.24, 2.45) is 0 Å². The van der Waals surface area contributed by atoms with Gasteiger partial charge in [-0.25, -0.2) is 9.37 Å². The van der Waals surface area contributed by atoms with Crippen molar-refractivity contribution in [3.8, 4) is 11.5 Å². The fourth-order valence-corrected chi connectivity index (χ4v) is 3.12. The van der Waals surface area contributed by atoms with E-state index >= 15 is 0 Å². The Morgan fingerprint density at radius 3 is 1.75 bits per heavy atom. The monoisotopic (exact) mass is 400 g/mol. The van der Waals surface area contributed by atoms with Crippen molar-refractivity contribution in [2.45, 2.75) is 20.0 Å². The topological polar surface area (TPSA) is 34.6 Å². The number of ether oxygens (including phenoxy) is 2. The van der Waals surface area contributed by atoms with Crippen LogP contribution in [0.15, 0.2) is 54.6 Å². The number of pyridine rings is 1. The van der Waals surface area contributed by atoms with Gasteiger partial charge in [0.1, 0.15) is 17.3 Å². The van der Waals surface area contributed by atoms with E-state index in [1.54, 1.807) is 27.2 Å². The van der Waals surface area contributed by atoms with E-state index in [2.05, 4.69) is 9.88 Å². The van der Waals surface area contributed by atoms with Gasteiger partial charge in [0.15, 0.2) is 11.0 Å². The summed E-state index contributed by atoms with van der Waals surface area (Å²) in [6.07, 6.45) is 0. The van der Waals surface area contributed by atoms with Crippen molar-refractivity contribution in [2.75, 3.05) is 19.1 Å². The van der Waals surface area contributed by atoms with Crippen LogP contribution in [-0.4, -0.2) is 19.2 Å². The van der Waals surface area contributed by atoms with E-state index in [0.717, 1.165) is 22.6 Å². The van der Waals surface area contributed by atoms with Gasteiger partial charge in [0.05, 0.1) is 14.2 Å². The van der Waals surface area contributed by atoms with Crippen LogP contribution in [0.3, 0.4) is 0 Å². The van der Waals surface area contributed by atoms with Crippen LogP contribution < -0.4 is 14.4 Å². The summed E-state index contributed by atoms with van der Waals surface area (Å²) in [5.41, 5.74) is 2.62. The minimum atomic E-state index is -0.487. The predicted octanol–water partition coefficient (Wildman–Crippen LogP) is 5.41. The first-order valence-electron chi connectivity index (χ1n) is 8.83. The highest BCUT2D eigenvalue weighted by Crippen LogP contribution is 2.26. The quantitative estimate of drug-likeness (QED) is 0.497. The molecule has 0 saturated heterocycles. The Labute approximate surface area is 169 Å². The highest BCUT2D eigenvalue weighted by atomic mass is 35.5. The molecule has 0 saturated carbocycles. The molecule has 0 bridgehead atoms. The zero-order valence-corrected chi connectivity index (χ0v) is 16.8. The van der Waals surface area contributed by atoms with Crippen LogP contribution in [0.1, 0.15) is 16.7 Å². The molecule has 1 heterocycles. The van der Waals surface area contributed by atoms with E-state index < -0.39 is 5.82 Å². The lowest BCUT2D eigenvalue weighted by molar-refractivity contribution is 0.414. The third-order valence-electron chi connectivity index (χ3n) is 4.47. The molecule has 6 heteroatoms. The molecule has 0 aliphatic rings. The molecule has 0 fully saturated rings. The summed E-state index contributed by atoms with van der Waals surface area (Å²) in [4.78, 5) is 6.32. The lowest BCUT2D eigenvalue weighted by Crippen LogP contribution is -2.23. The van der Waals surface area contributed by atoms with Gasteiger partial charge in [0.2, 0.25) is 0 Å². The number of aromatic nitrogens is 1. The molecular formula is C22H22ClFN2O2. The van der Waals surface area contributed by atoms with E-state index in [1.807, 2.05) is 48.5 Å². The molecule has 2 aromatic carbocycles. The Morgan fingerprint density at radius 1 is 0.893 bits per heavy atom. The van der Waals surface area contributed by atoms with Crippen molar-refractivity contribution < 1.29 is 13.9 Å². The van der Waals surface area contributed by atoms with Crippen molar-refractivity contribution in [1.29, 1.82) is 0 Å². The molecule has 0 radical (unpaired) electrons. The van der Waals surface area contributed by atoms with Crippen LogP contribution in [0.4, 0.5) is 10.2 Å². The molecular weight excluding hydrogens is 379 g/mol. The molecule has 0 aliphatic carbocycles. The van der Waals surface area contributed by atoms with Gasteiger partial charge >= 0.3 is 0 Å². The van der Waals surface area contributed by atoms with Gasteiger partial charge in [-0.05, 0) is 53.9 Å². The SMILES string of the molecule is COc1ccc(CN(Cc2ccc(OC)cc2)c2cc(C)c(F)c(Cl)n2)cc1. The number of hydrogen-bond acceptors (Lipinski definition) is 4. The van der Waals surface area contributed by atoms with Crippen molar-refractivity contribution in [3.63, 3.8) is 0 Å². The zero-order valence-electron chi connectivity index (χ0n) is 16.1. The summed E-state index contributed by atoms with van der Waals surface area (Å²) in [5.74, 6) is 1.73. The number of halogens is 2. The van der Waals surface area contributed by atoms with Crippen LogP contribution in [0.2, 0.25) is 5.15 Å². The maximum atomic E-state index is 14.0. The molecule has 4 nitrogen and oxygen atoms in total. The molecule has 28 heavy (non-hydrogen) atoms. The number of hydrogen-bond donors (Lipinski definition) is 0. The Kier molecular flexibility index (Phi) is 6.37. The Hall–Kier alpha value is -2.79. The smallest absolute Gasteiger partial charge is 0.167 e. The van der Waals surface area contributed by atoms with Crippen LogP contribution in [-0.2, 0) is 13.1 Å². The van der Waals surface area contributed by atoms with E-state index in [1.165, 1.54) is 0 Å². The highest BCUT2D eigenvalue weighted by molar-refractivity contribution is 6.29. The van der Waals surface area contributed by atoms with Gasteiger partial charge in [0, 0.05) is 13.1 Å². The fraction of sp³-hybridized carbons (Fsp3) is 0.227. The van der Waals surface area contributed by atoms with Crippen LogP contribution in [0.5, 0.6) is 11.5 Å². The third-order valence-corrected chi connectivity index (χ3v) is 4.73. The number of nitrogens with zero attached hydrogens (tertiary/aromatic N) is 2. The Balaban J connectivity index is 1.92. The first kappa shape index (κ1) is 20.0. The lowest BCUT2D eigenvalue weighted by Gasteiger charge is -2.25. The summed E-state index contributed by atoms with van der Waals surface area (Å²) < 4.78 is 24.4. The maximum absolute atomic E-state index is 14.0. The largest absolute Gasteiger partial charge is 0.497 e. The van der Waals surface area contributed by atoms with E-state index in [-0.39, 0.29) is 5.15 Å². The standard InChI is InChI=1S/C22H22ClFN2O2/c1-15-12-20(25-22(23)21(15)24)26(13-16-4-8-18(27-2)9-5-16)14-17-6-10-19(28-3)11-7-17/h4-12H,13-14H2,1-3H3. The number of methoxy groups -OCH3 is 2. The average Bonchev–Trinajstić information content (AvgIpc) is 2.72. The molecule has 3 rings (SSSR count). The molecule has 0 amide bonds. The number of anilines is 1. The van der Waals surface area contributed by atoms with E-state index in [4.69, 9.17) is 21.1 Å². The third kappa shape index (κ3) is 4.73. The van der Waals surface area contributed by atoms with Crippen molar-refractivity contribution in [3.05, 3.63) is 82.3 Å². The minimum absolute atomic E-state index is 0.121. The van der Waals surface area contributed by atoms with Crippen LogP contribution in [0.25, 0.3) is 0 Å². The second kappa shape index (κ2) is 8.93. The van der Waals surface area contributed by atoms with Crippen LogP contribution in [0, 0.1) is 12.7 Å². The fourth-order valence-electron chi connectivity index (χ4n) is 2.88. The van der Waals surface area contributed by atoms with Gasteiger partial charge in [-0.3, -0.25) is 0 Å². The highest BCUT2D eigenvalue weighted by Gasteiger charge is 2.15.